The molecule has 1 aliphatic rings. The number of aliphatic hydroxyl groups excluding tert-OH is 1. The Morgan fingerprint density at radius 3 is 2.43 bits per heavy atom. The van der Waals surface area contributed by atoms with Crippen molar-refractivity contribution in [1.82, 2.24) is 0 Å². The molecular formula is C11H22O3. The quantitative estimate of drug-likeness (QED) is 0.754. The van der Waals surface area contributed by atoms with Crippen LogP contribution in [0.3, 0.4) is 0 Å². The summed E-state index contributed by atoms with van der Waals surface area (Å²) in [4.78, 5) is 0. The van der Waals surface area contributed by atoms with E-state index in [1.165, 1.54) is 0 Å². The largest absolute Gasteiger partial charge is 0.390 e. The molecule has 0 spiro atoms. The molecule has 3 unspecified atom stereocenters. The lowest BCUT2D eigenvalue weighted by Crippen LogP contribution is -2.55. The van der Waals surface area contributed by atoms with Crippen LogP contribution in [0.15, 0.2) is 0 Å². The smallest absolute Gasteiger partial charge is 0.110 e. The molecule has 3 heteroatoms. The second kappa shape index (κ2) is 4.60. The van der Waals surface area contributed by atoms with Gasteiger partial charge in [-0.05, 0) is 27.2 Å². The third kappa shape index (κ3) is 3.23. The zero-order valence-corrected chi connectivity index (χ0v) is 9.62. The Morgan fingerprint density at radius 2 is 2.00 bits per heavy atom. The molecule has 0 heterocycles. The SMILES string of the molecule is CCCOC1C(O)CC1OC(C)(C)C. The average molecular weight is 202 g/mol. The molecule has 1 aliphatic carbocycles. The average Bonchev–Trinajstić information content (AvgIpc) is 2.01. The maximum Gasteiger partial charge on any atom is 0.110 e. The van der Waals surface area contributed by atoms with E-state index in [1.807, 2.05) is 20.8 Å². The fourth-order valence-electron chi connectivity index (χ4n) is 1.60. The van der Waals surface area contributed by atoms with E-state index in [0.717, 1.165) is 6.42 Å². The lowest BCUT2D eigenvalue weighted by molar-refractivity contribution is -0.221. The molecule has 1 saturated carbocycles. The number of ether oxygens (including phenoxy) is 2. The molecule has 3 atom stereocenters. The van der Waals surface area contributed by atoms with Crippen LogP contribution >= 0.6 is 0 Å². The van der Waals surface area contributed by atoms with E-state index in [1.54, 1.807) is 0 Å². The highest BCUT2D eigenvalue weighted by atomic mass is 16.6. The predicted octanol–water partition coefficient (Wildman–Crippen LogP) is 1.73. The minimum atomic E-state index is -0.339. The van der Waals surface area contributed by atoms with Crippen LogP contribution in [-0.4, -0.2) is 35.6 Å². The summed E-state index contributed by atoms with van der Waals surface area (Å²) in [6.45, 7) is 8.83. The maximum absolute atomic E-state index is 9.50. The van der Waals surface area contributed by atoms with Gasteiger partial charge >= 0.3 is 0 Å². The first kappa shape index (κ1) is 12.0. The van der Waals surface area contributed by atoms with E-state index >= 15 is 0 Å². The van der Waals surface area contributed by atoms with Gasteiger partial charge in [-0.3, -0.25) is 0 Å². The standard InChI is InChI=1S/C11H22O3/c1-5-6-13-10-8(12)7-9(10)14-11(2,3)4/h8-10,12H,5-7H2,1-4H3. The van der Waals surface area contributed by atoms with Gasteiger partial charge in [0, 0.05) is 13.0 Å². The molecule has 3 nitrogen and oxygen atoms in total. The van der Waals surface area contributed by atoms with Crippen LogP contribution < -0.4 is 0 Å². The summed E-state index contributed by atoms with van der Waals surface area (Å²) in [5.41, 5.74) is -0.154. The molecule has 14 heavy (non-hydrogen) atoms. The molecule has 0 aliphatic heterocycles. The Morgan fingerprint density at radius 1 is 1.36 bits per heavy atom. The van der Waals surface area contributed by atoms with Crippen LogP contribution in [0, 0.1) is 0 Å². The fourth-order valence-corrected chi connectivity index (χ4v) is 1.60. The molecule has 0 aromatic heterocycles. The van der Waals surface area contributed by atoms with Crippen LogP contribution in [0.5, 0.6) is 0 Å². The van der Waals surface area contributed by atoms with E-state index in [9.17, 15) is 5.11 Å². The Balaban J connectivity index is 2.33. The maximum atomic E-state index is 9.50. The van der Waals surface area contributed by atoms with Gasteiger partial charge in [0.2, 0.25) is 0 Å². The molecule has 84 valence electrons. The van der Waals surface area contributed by atoms with Crippen LogP contribution in [0.25, 0.3) is 0 Å². The van der Waals surface area contributed by atoms with Crippen molar-refractivity contribution in [3.8, 4) is 0 Å². The van der Waals surface area contributed by atoms with Crippen molar-refractivity contribution >= 4 is 0 Å². The van der Waals surface area contributed by atoms with Crippen molar-refractivity contribution in [2.45, 2.75) is 64.4 Å². The lowest BCUT2D eigenvalue weighted by Gasteiger charge is -2.43. The highest BCUT2D eigenvalue weighted by molar-refractivity contribution is 4.93. The molecule has 0 amide bonds. The fraction of sp³-hybridized carbons (Fsp3) is 1.00. The minimum absolute atomic E-state index is 0.0662. The van der Waals surface area contributed by atoms with Gasteiger partial charge in [-0.2, -0.15) is 0 Å². The second-order valence-electron chi connectivity index (χ2n) is 4.91. The van der Waals surface area contributed by atoms with Gasteiger partial charge in [0.1, 0.15) is 6.10 Å². The van der Waals surface area contributed by atoms with E-state index in [-0.39, 0.29) is 23.9 Å². The monoisotopic (exact) mass is 202 g/mol. The Labute approximate surface area is 86.4 Å². The zero-order chi connectivity index (χ0) is 10.8. The summed E-state index contributed by atoms with van der Waals surface area (Å²) < 4.78 is 11.3. The van der Waals surface area contributed by atoms with Crippen molar-refractivity contribution in [3.05, 3.63) is 0 Å². The van der Waals surface area contributed by atoms with Crippen LogP contribution in [-0.2, 0) is 9.47 Å². The zero-order valence-electron chi connectivity index (χ0n) is 9.62. The first-order valence-corrected chi connectivity index (χ1v) is 5.41. The number of rotatable bonds is 4. The molecule has 0 aromatic carbocycles. The summed E-state index contributed by atoms with van der Waals surface area (Å²) in [6.07, 6.45) is 1.29. The van der Waals surface area contributed by atoms with Crippen molar-refractivity contribution in [3.63, 3.8) is 0 Å². The molecule has 0 radical (unpaired) electrons. The van der Waals surface area contributed by atoms with Crippen molar-refractivity contribution in [2.75, 3.05) is 6.61 Å². The van der Waals surface area contributed by atoms with Crippen molar-refractivity contribution in [2.24, 2.45) is 0 Å². The highest BCUT2D eigenvalue weighted by Crippen LogP contribution is 2.30. The molecule has 1 rings (SSSR count). The minimum Gasteiger partial charge on any atom is -0.390 e. The third-order valence-electron chi connectivity index (χ3n) is 2.24. The lowest BCUT2D eigenvalue weighted by atomic mass is 9.87. The van der Waals surface area contributed by atoms with Gasteiger partial charge in [-0.25, -0.2) is 0 Å². The van der Waals surface area contributed by atoms with Crippen LogP contribution in [0.2, 0.25) is 0 Å². The van der Waals surface area contributed by atoms with Crippen molar-refractivity contribution < 1.29 is 14.6 Å². The summed E-state index contributed by atoms with van der Waals surface area (Å²) in [7, 11) is 0. The van der Waals surface area contributed by atoms with E-state index in [0.29, 0.717) is 13.0 Å². The molecule has 0 bridgehead atoms. The second-order valence-corrected chi connectivity index (χ2v) is 4.91. The summed E-state index contributed by atoms with van der Waals surface area (Å²) in [5, 5.41) is 9.50. The van der Waals surface area contributed by atoms with Gasteiger partial charge < -0.3 is 14.6 Å². The molecular weight excluding hydrogens is 180 g/mol. The van der Waals surface area contributed by atoms with Crippen LogP contribution in [0.1, 0.15) is 40.5 Å². The van der Waals surface area contributed by atoms with Gasteiger partial charge in [-0.15, -0.1) is 0 Å². The van der Waals surface area contributed by atoms with Gasteiger partial charge in [-0.1, -0.05) is 6.92 Å². The summed E-state index contributed by atoms with van der Waals surface area (Å²) in [6, 6.07) is 0. The Hall–Kier alpha value is -0.120. The van der Waals surface area contributed by atoms with Gasteiger partial charge in [0.25, 0.3) is 0 Å². The first-order valence-electron chi connectivity index (χ1n) is 5.41. The van der Waals surface area contributed by atoms with Crippen molar-refractivity contribution in [1.29, 1.82) is 0 Å². The molecule has 1 N–H and O–H groups in total. The Kier molecular flexibility index (Phi) is 3.93. The molecule has 0 aromatic rings. The summed E-state index contributed by atoms with van der Waals surface area (Å²) in [5.74, 6) is 0. The number of hydrogen-bond donors (Lipinski definition) is 1. The van der Waals surface area contributed by atoms with E-state index in [4.69, 9.17) is 9.47 Å². The highest BCUT2D eigenvalue weighted by Gasteiger charge is 2.43. The van der Waals surface area contributed by atoms with Gasteiger partial charge in [0.15, 0.2) is 0 Å². The predicted molar refractivity (Wildman–Crippen MR) is 55.3 cm³/mol. The van der Waals surface area contributed by atoms with E-state index < -0.39 is 0 Å². The third-order valence-corrected chi connectivity index (χ3v) is 2.24. The summed E-state index contributed by atoms with van der Waals surface area (Å²) >= 11 is 0. The number of hydrogen-bond acceptors (Lipinski definition) is 3. The Bertz CT molecular complexity index is 174. The molecule has 1 fully saturated rings. The number of aliphatic hydroxyl groups is 1. The van der Waals surface area contributed by atoms with Gasteiger partial charge in [0.05, 0.1) is 17.8 Å². The molecule has 0 saturated heterocycles. The van der Waals surface area contributed by atoms with Crippen LogP contribution in [0.4, 0.5) is 0 Å². The van der Waals surface area contributed by atoms with E-state index in [2.05, 4.69) is 6.92 Å². The topological polar surface area (TPSA) is 38.7 Å². The first-order chi connectivity index (χ1) is 6.44. The normalized spacial score (nSPS) is 32.8.